The summed E-state index contributed by atoms with van der Waals surface area (Å²) in [5.41, 5.74) is 0. The Bertz CT molecular complexity index is 582. The fraction of sp³-hybridized carbons (Fsp3) is 0.538. The molecule has 0 saturated heterocycles. The summed E-state index contributed by atoms with van der Waals surface area (Å²) in [7, 11) is 0. The van der Waals surface area contributed by atoms with Crippen LogP contribution in [0.5, 0.6) is 0 Å². The molecule has 0 bridgehead atoms. The van der Waals surface area contributed by atoms with E-state index in [4.69, 9.17) is 11.6 Å². The molecule has 7 nitrogen and oxygen atoms in total. The maximum atomic E-state index is 5.95. The zero-order valence-corrected chi connectivity index (χ0v) is 12.7. The molecule has 2 aromatic heterocycles. The fourth-order valence-corrected chi connectivity index (χ4v) is 2.42. The quantitative estimate of drug-likeness (QED) is 0.838. The van der Waals surface area contributed by atoms with Crippen molar-refractivity contribution in [2.75, 3.05) is 25.0 Å². The van der Waals surface area contributed by atoms with Crippen molar-refractivity contribution in [2.24, 2.45) is 0 Å². The maximum absolute atomic E-state index is 5.95. The lowest BCUT2D eigenvalue weighted by Crippen LogP contribution is -2.31. The minimum Gasteiger partial charge on any atom is -0.353 e. The Morgan fingerprint density at radius 2 is 2.24 bits per heavy atom. The zero-order chi connectivity index (χ0) is 14.7. The number of halogens is 1. The lowest BCUT2D eigenvalue weighted by Gasteiger charge is -2.19. The summed E-state index contributed by atoms with van der Waals surface area (Å²) in [6.45, 7) is 5.03. The van der Waals surface area contributed by atoms with Gasteiger partial charge in [0, 0.05) is 31.5 Å². The van der Waals surface area contributed by atoms with Gasteiger partial charge in [-0.25, -0.2) is 4.98 Å². The van der Waals surface area contributed by atoms with E-state index in [1.54, 1.807) is 23.3 Å². The molecule has 1 saturated carbocycles. The molecule has 0 spiro atoms. The van der Waals surface area contributed by atoms with Crippen LogP contribution >= 0.6 is 11.6 Å². The molecule has 0 unspecified atom stereocenters. The largest absolute Gasteiger partial charge is 0.353 e. The van der Waals surface area contributed by atoms with Gasteiger partial charge in [-0.3, -0.25) is 9.47 Å². The number of rotatable bonds is 7. The van der Waals surface area contributed by atoms with Crippen molar-refractivity contribution in [1.29, 1.82) is 0 Å². The van der Waals surface area contributed by atoms with Gasteiger partial charge < -0.3 is 5.32 Å². The van der Waals surface area contributed by atoms with Crippen molar-refractivity contribution in [3.8, 4) is 5.95 Å². The second-order valence-electron chi connectivity index (χ2n) is 4.98. The predicted molar refractivity (Wildman–Crippen MR) is 80.7 cm³/mol. The fourth-order valence-electron chi connectivity index (χ4n) is 2.26. The van der Waals surface area contributed by atoms with Crippen molar-refractivity contribution in [3.05, 3.63) is 24.0 Å². The topological polar surface area (TPSA) is 71.8 Å². The molecule has 1 N–H and O–H groups in total. The van der Waals surface area contributed by atoms with Gasteiger partial charge >= 0.3 is 0 Å². The van der Waals surface area contributed by atoms with Crippen molar-refractivity contribution in [2.45, 2.75) is 25.8 Å². The molecule has 1 aliphatic carbocycles. The average Bonchev–Trinajstić information content (AvgIpc) is 3.16. The van der Waals surface area contributed by atoms with E-state index in [2.05, 4.69) is 37.1 Å². The van der Waals surface area contributed by atoms with Crippen molar-refractivity contribution in [1.82, 2.24) is 29.4 Å². The van der Waals surface area contributed by atoms with E-state index < -0.39 is 0 Å². The van der Waals surface area contributed by atoms with Crippen LogP contribution in [0.1, 0.15) is 19.8 Å². The molecule has 8 heteroatoms. The number of nitrogens with one attached hydrogen (secondary N) is 1. The van der Waals surface area contributed by atoms with Crippen LogP contribution in [0, 0.1) is 0 Å². The standard InChI is InChI=1S/C13H18ClN7/c1-2-20(10-3-4-10)8-6-16-12-17-11(14)18-13(19-12)21-7-5-15-9-21/h5,7,9-10H,2-4,6,8H2,1H3,(H,16,17,18,19). The molecule has 2 aromatic rings. The van der Waals surface area contributed by atoms with Gasteiger partial charge in [-0.05, 0) is 31.0 Å². The Labute approximate surface area is 128 Å². The minimum atomic E-state index is 0.172. The van der Waals surface area contributed by atoms with E-state index in [-0.39, 0.29) is 5.28 Å². The summed E-state index contributed by atoms with van der Waals surface area (Å²) in [6.07, 6.45) is 7.69. The number of likely N-dealkylation sites (N-methyl/N-ethyl adjacent to an activating group) is 1. The summed E-state index contributed by atoms with van der Waals surface area (Å²) in [4.78, 5) is 19.0. The average molecular weight is 308 g/mol. The van der Waals surface area contributed by atoms with E-state index in [1.165, 1.54) is 12.8 Å². The monoisotopic (exact) mass is 307 g/mol. The predicted octanol–water partition coefficient (Wildman–Crippen LogP) is 1.61. The van der Waals surface area contributed by atoms with Crippen LogP contribution in [-0.2, 0) is 0 Å². The Hall–Kier alpha value is -1.73. The molecule has 0 aromatic carbocycles. The summed E-state index contributed by atoms with van der Waals surface area (Å²) >= 11 is 5.95. The molecule has 21 heavy (non-hydrogen) atoms. The van der Waals surface area contributed by atoms with E-state index in [0.717, 1.165) is 25.7 Å². The Morgan fingerprint density at radius 1 is 1.38 bits per heavy atom. The van der Waals surface area contributed by atoms with Gasteiger partial charge in [-0.2, -0.15) is 15.0 Å². The molecule has 0 aliphatic heterocycles. The highest BCUT2D eigenvalue weighted by Gasteiger charge is 2.27. The van der Waals surface area contributed by atoms with Crippen LogP contribution in [-0.4, -0.2) is 55.1 Å². The summed E-state index contributed by atoms with van der Waals surface area (Å²) < 4.78 is 1.70. The Balaban J connectivity index is 1.62. The third kappa shape index (κ3) is 3.68. The van der Waals surface area contributed by atoms with Crippen LogP contribution in [0.2, 0.25) is 5.28 Å². The van der Waals surface area contributed by atoms with E-state index >= 15 is 0 Å². The number of imidazole rings is 1. The third-order valence-electron chi connectivity index (χ3n) is 3.48. The lowest BCUT2D eigenvalue weighted by atomic mass is 10.4. The molecular weight excluding hydrogens is 290 g/mol. The summed E-state index contributed by atoms with van der Waals surface area (Å²) in [5, 5.41) is 3.39. The summed E-state index contributed by atoms with van der Waals surface area (Å²) in [5.74, 6) is 0.954. The minimum absolute atomic E-state index is 0.172. The molecule has 112 valence electrons. The van der Waals surface area contributed by atoms with Crippen LogP contribution in [0.25, 0.3) is 5.95 Å². The first kappa shape index (κ1) is 14.2. The number of hydrogen-bond acceptors (Lipinski definition) is 6. The van der Waals surface area contributed by atoms with Crippen molar-refractivity contribution in [3.63, 3.8) is 0 Å². The number of aromatic nitrogens is 5. The number of anilines is 1. The van der Waals surface area contributed by atoms with Crippen LogP contribution in [0.3, 0.4) is 0 Å². The molecule has 1 fully saturated rings. The second kappa shape index (κ2) is 6.36. The second-order valence-corrected chi connectivity index (χ2v) is 5.32. The molecule has 0 amide bonds. The van der Waals surface area contributed by atoms with Gasteiger partial charge in [-0.1, -0.05) is 6.92 Å². The maximum Gasteiger partial charge on any atom is 0.241 e. The first-order chi connectivity index (χ1) is 10.3. The van der Waals surface area contributed by atoms with E-state index in [1.807, 2.05) is 0 Å². The van der Waals surface area contributed by atoms with Gasteiger partial charge in [0.05, 0.1) is 0 Å². The normalized spacial score (nSPS) is 14.6. The highest BCUT2D eigenvalue weighted by Crippen LogP contribution is 2.25. The van der Waals surface area contributed by atoms with E-state index in [0.29, 0.717) is 11.9 Å². The van der Waals surface area contributed by atoms with Gasteiger partial charge in [0.2, 0.25) is 17.2 Å². The van der Waals surface area contributed by atoms with Crippen LogP contribution in [0.4, 0.5) is 5.95 Å². The first-order valence-electron chi connectivity index (χ1n) is 7.14. The molecular formula is C13H18ClN7. The lowest BCUT2D eigenvalue weighted by molar-refractivity contribution is 0.289. The number of hydrogen-bond donors (Lipinski definition) is 1. The third-order valence-corrected chi connectivity index (χ3v) is 3.65. The molecule has 3 rings (SSSR count). The van der Waals surface area contributed by atoms with Gasteiger partial charge in [0.25, 0.3) is 0 Å². The van der Waals surface area contributed by atoms with Gasteiger partial charge in [-0.15, -0.1) is 0 Å². The van der Waals surface area contributed by atoms with Crippen molar-refractivity contribution >= 4 is 17.5 Å². The van der Waals surface area contributed by atoms with E-state index in [9.17, 15) is 0 Å². The van der Waals surface area contributed by atoms with Crippen molar-refractivity contribution < 1.29 is 0 Å². The first-order valence-corrected chi connectivity index (χ1v) is 7.52. The van der Waals surface area contributed by atoms with Gasteiger partial charge in [0.1, 0.15) is 6.33 Å². The summed E-state index contributed by atoms with van der Waals surface area (Å²) in [6, 6.07) is 0.764. The molecule has 0 atom stereocenters. The Morgan fingerprint density at radius 3 is 2.90 bits per heavy atom. The highest BCUT2D eigenvalue weighted by atomic mass is 35.5. The SMILES string of the molecule is CCN(CCNc1nc(Cl)nc(-n2ccnc2)n1)C1CC1. The molecule has 0 radical (unpaired) electrons. The number of nitrogens with zero attached hydrogens (tertiary/aromatic N) is 6. The molecule has 2 heterocycles. The Kier molecular flexibility index (Phi) is 4.31. The van der Waals surface area contributed by atoms with Gasteiger partial charge in [0.15, 0.2) is 0 Å². The van der Waals surface area contributed by atoms with Crippen LogP contribution in [0.15, 0.2) is 18.7 Å². The molecule has 1 aliphatic rings. The smallest absolute Gasteiger partial charge is 0.241 e. The van der Waals surface area contributed by atoms with Crippen LogP contribution < -0.4 is 5.32 Å². The zero-order valence-electron chi connectivity index (χ0n) is 11.9. The highest BCUT2D eigenvalue weighted by molar-refractivity contribution is 6.28.